The smallest absolute Gasteiger partial charge is 0.303 e. The monoisotopic (exact) mass is 245 g/mol. The van der Waals surface area contributed by atoms with Gasteiger partial charge in [-0.15, -0.1) is 0 Å². The van der Waals surface area contributed by atoms with E-state index in [1.165, 1.54) is 0 Å². The zero-order valence-corrected chi connectivity index (χ0v) is 10.8. The molecule has 0 aromatic heterocycles. The number of hydrogen-bond acceptors (Lipinski definition) is 3. The fourth-order valence-electron chi connectivity index (χ4n) is 1.67. The predicted molar refractivity (Wildman–Crippen MR) is 64.6 cm³/mol. The molecule has 0 aliphatic carbocycles. The largest absolute Gasteiger partial charge is 0.481 e. The quantitative estimate of drug-likeness (QED) is 0.599. The molecule has 17 heavy (non-hydrogen) atoms. The van der Waals surface area contributed by atoms with Crippen LogP contribution in [0, 0.1) is 5.92 Å². The summed E-state index contributed by atoms with van der Waals surface area (Å²) in [6.07, 6.45) is 1.63. The lowest BCUT2D eigenvalue weighted by Gasteiger charge is -2.23. The van der Waals surface area contributed by atoms with Crippen LogP contribution >= 0.6 is 0 Å². The maximum absolute atomic E-state index is 11.5. The highest BCUT2D eigenvalue weighted by molar-refractivity contribution is 5.77. The molecule has 0 saturated carbocycles. The number of aliphatic hydroxyl groups is 1. The molecule has 0 aromatic rings. The van der Waals surface area contributed by atoms with E-state index in [-0.39, 0.29) is 31.2 Å². The Morgan fingerprint density at radius 2 is 1.94 bits per heavy atom. The van der Waals surface area contributed by atoms with Crippen LogP contribution in [0.25, 0.3) is 0 Å². The van der Waals surface area contributed by atoms with Crippen molar-refractivity contribution >= 4 is 11.9 Å². The predicted octanol–water partition coefficient (Wildman–Crippen LogP) is 1.15. The molecule has 0 saturated heterocycles. The average Bonchev–Trinajstić information content (AvgIpc) is 2.13. The Kier molecular flexibility index (Phi) is 6.80. The third kappa shape index (κ3) is 8.68. The molecular weight excluding hydrogens is 222 g/mol. The van der Waals surface area contributed by atoms with Crippen molar-refractivity contribution < 1.29 is 19.8 Å². The van der Waals surface area contributed by atoms with Crippen molar-refractivity contribution in [2.24, 2.45) is 5.92 Å². The summed E-state index contributed by atoms with van der Waals surface area (Å²) in [6.45, 7) is 5.57. The highest BCUT2D eigenvalue weighted by atomic mass is 16.4. The number of hydrogen-bond donors (Lipinski definition) is 3. The first kappa shape index (κ1) is 15.9. The van der Waals surface area contributed by atoms with Crippen molar-refractivity contribution in [1.29, 1.82) is 0 Å². The fourth-order valence-corrected chi connectivity index (χ4v) is 1.67. The van der Waals surface area contributed by atoms with Gasteiger partial charge in [0.25, 0.3) is 0 Å². The van der Waals surface area contributed by atoms with Crippen molar-refractivity contribution in [3.05, 3.63) is 0 Å². The summed E-state index contributed by atoms with van der Waals surface area (Å²) in [5, 5.41) is 21.0. The molecule has 0 bridgehead atoms. The van der Waals surface area contributed by atoms with E-state index in [4.69, 9.17) is 5.11 Å². The Bertz CT molecular complexity index is 263. The van der Waals surface area contributed by atoms with Gasteiger partial charge in [-0.25, -0.2) is 0 Å². The lowest BCUT2D eigenvalue weighted by molar-refractivity contribution is -0.138. The molecule has 0 aliphatic heterocycles. The lowest BCUT2D eigenvalue weighted by Crippen LogP contribution is -2.40. The molecule has 1 amide bonds. The molecule has 0 radical (unpaired) electrons. The zero-order chi connectivity index (χ0) is 13.5. The summed E-state index contributed by atoms with van der Waals surface area (Å²) in [5.41, 5.74) is -0.888. The molecule has 0 fully saturated rings. The molecule has 0 aliphatic rings. The number of carbonyl (C=O) groups excluding carboxylic acids is 1. The second kappa shape index (κ2) is 7.27. The highest BCUT2D eigenvalue weighted by Gasteiger charge is 2.20. The number of carbonyl (C=O) groups is 2. The van der Waals surface area contributed by atoms with E-state index in [1.807, 2.05) is 6.92 Å². The van der Waals surface area contributed by atoms with Gasteiger partial charge in [0.15, 0.2) is 0 Å². The van der Waals surface area contributed by atoms with Crippen LogP contribution in [0.2, 0.25) is 0 Å². The third-order valence-corrected chi connectivity index (χ3v) is 2.51. The summed E-state index contributed by atoms with van der Waals surface area (Å²) in [6, 6.07) is 0. The van der Waals surface area contributed by atoms with Crippen molar-refractivity contribution in [2.45, 2.75) is 52.1 Å². The summed E-state index contributed by atoms with van der Waals surface area (Å²) >= 11 is 0. The summed E-state index contributed by atoms with van der Waals surface area (Å²) in [7, 11) is 0. The van der Waals surface area contributed by atoms with Crippen LogP contribution in [-0.4, -0.2) is 34.2 Å². The van der Waals surface area contributed by atoms with Crippen LogP contribution in [0.5, 0.6) is 0 Å². The van der Waals surface area contributed by atoms with E-state index in [0.29, 0.717) is 6.42 Å². The van der Waals surface area contributed by atoms with Crippen LogP contribution in [-0.2, 0) is 9.59 Å². The first-order chi connectivity index (χ1) is 7.76. The number of rotatable bonds is 8. The molecule has 0 rings (SSSR count). The Balaban J connectivity index is 3.90. The molecule has 0 aromatic carbocycles. The van der Waals surface area contributed by atoms with E-state index in [0.717, 1.165) is 6.42 Å². The minimum absolute atomic E-state index is 0.0151. The van der Waals surface area contributed by atoms with Gasteiger partial charge in [-0.05, 0) is 19.3 Å². The number of nitrogens with one attached hydrogen (secondary N) is 1. The van der Waals surface area contributed by atoms with Gasteiger partial charge in [0, 0.05) is 19.4 Å². The Morgan fingerprint density at radius 3 is 2.41 bits per heavy atom. The highest BCUT2D eigenvalue weighted by Crippen LogP contribution is 2.11. The lowest BCUT2D eigenvalue weighted by atomic mass is 10.00. The molecule has 0 spiro atoms. The third-order valence-electron chi connectivity index (χ3n) is 2.51. The first-order valence-electron chi connectivity index (χ1n) is 5.97. The van der Waals surface area contributed by atoms with Crippen LogP contribution in [0.3, 0.4) is 0 Å². The second-order valence-corrected chi connectivity index (χ2v) is 4.93. The molecule has 0 heterocycles. The van der Waals surface area contributed by atoms with Crippen LogP contribution in [0.1, 0.15) is 46.5 Å². The zero-order valence-electron chi connectivity index (χ0n) is 10.8. The van der Waals surface area contributed by atoms with Gasteiger partial charge in [0.1, 0.15) is 0 Å². The van der Waals surface area contributed by atoms with Gasteiger partial charge in [-0.1, -0.05) is 20.3 Å². The number of aliphatic carboxylic acids is 1. The van der Waals surface area contributed by atoms with E-state index in [1.54, 1.807) is 13.8 Å². The number of amides is 1. The summed E-state index contributed by atoms with van der Waals surface area (Å²) in [4.78, 5) is 21.9. The van der Waals surface area contributed by atoms with Crippen molar-refractivity contribution in [3.63, 3.8) is 0 Å². The molecule has 100 valence electrons. The molecule has 2 atom stereocenters. The Morgan fingerprint density at radius 1 is 1.35 bits per heavy atom. The average molecular weight is 245 g/mol. The van der Waals surface area contributed by atoms with E-state index < -0.39 is 11.6 Å². The van der Waals surface area contributed by atoms with Gasteiger partial charge in [-0.3, -0.25) is 9.59 Å². The van der Waals surface area contributed by atoms with Gasteiger partial charge in [0.05, 0.1) is 5.60 Å². The fraction of sp³-hybridized carbons (Fsp3) is 0.833. The van der Waals surface area contributed by atoms with Crippen molar-refractivity contribution in [3.8, 4) is 0 Å². The van der Waals surface area contributed by atoms with Gasteiger partial charge in [0.2, 0.25) is 5.91 Å². The summed E-state index contributed by atoms with van der Waals surface area (Å²) in [5.74, 6) is -1.30. The van der Waals surface area contributed by atoms with Crippen LogP contribution in [0.15, 0.2) is 0 Å². The standard InChI is InChI=1S/C12H23NO4/c1-4-5-12(3,17)8-13-10(14)6-9(2)7-11(15)16/h9,17H,4-8H2,1-3H3,(H,13,14)(H,15,16). The van der Waals surface area contributed by atoms with Gasteiger partial charge in [-0.2, -0.15) is 0 Å². The molecule has 5 nitrogen and oxygen atoms in total. The second-order valence-electron chi connectivity index (χ2n) is 4.93. The SMILES string of the molecule is CCCC(C)(O)CNC(=O)CC(C)CC(=O)O. The Labute approximate surface area is 102 Å². The van der Waals surface area contributed by atoms with E-state index in [2.05, 4.69) is 5.32 Å². The van der Waals surface area contributed by atoms with Crippen molar-refractivity contribution in [1.82, 2.24) is 5.32 Å². The van der Waals surface area contributed by atoms with Gasteiger partial charge < -0.3 is 15.5 Å². The topological polar surface area (TPSA) is 86.6 Å². The molecule has 5 heteroatoms. The van der Waals surface area contributed by atoms with E-state index >= 15 is 0 Å². The van der Waals surface area contributed by atoms with Gasteiger partial charge >= 0.3 is 5.97 Å². The summed E-state index contributed by atoms with van der Waals surface area (Å²) < 4.78 is 0. The van der Waals surface area contributed by atoms with Crippen LogP contribution < -0.4 is 5.32 Å². The van der Waals surface area contributed by atoms with Crippen LogP contribution in [0.4, 0.5) is 0 Å². The first-order valence-corrected chi connectivity index (χ1v) is 5.97. The maximum atomic E-state index is 11.5. The molecule has 2 unspecified atom stereocenters. The normalized spacial score (nSPS) is 16.0. The van der Waals surface area contributed by atoms with E-state index in [9.17, 15) is 14.7 Å². The van der Waals surface area contributed by atoms with Crippen molar-refractivity contribution in [2.75, 3.05) is 6.54 Å². The molecule has 3 N–H and O–H groups in total. The Hall–Kier alpha value is -1.10. The number of carboxylic acid groups (broad SMARTS) is 1. The minimum atomic E-state index is -0.900. The minimum Gasteiger partial charge on any atom is -0.481 e. The number of carboxylic acids is 1. The maximum Gasteiger partial charge on any atom is 0.303 e. The molecular formula is C12H23NO4.